The molecule has 1 heterocycles. The second kappa shape index (κ2) is 5.85. The van der Waals surface area contributed by atoms with Crippen molar-refractivity contribution < 1.29 is 4.79 Å². The number of nitrogens with two attached hydrogens (primary N) is 1. The summed E-state index contributed by atoms with van der Waals surface area (Å²) in [4.78, 5) is 14.2. The maximum Gasteiger partial charge on any atom is 0.222 e. The maximum absolute atomic E-state index is 12.1. The SMILES string of the molecule is CC(CC(=O)N1CCC(CCN)C1)C(C)(C)C. The zero-order valence-corrected chi connectivity index (χ0v) is 11.8. The molecule has 0 saturated carbocycles. The van der Waals surface area contributed by atoms with E-state index in [1.807, 2.05) is 4.90 Å². The van der Waals surface area contributed by atoms with Gasteiger partial charge in [0.2, 0.25) is 5.91 Å². The van der Waals surface area contributed by atoms with Crippen molar-refractivity contribution in [1.82, 2.24) is 4.90 Å². The third kappa shape index (κ3) is 4.30. The van der Waals surface area contributed by atoms with Crippen LogP contribution in [-0.4, -0.2) is 30.4 Å². The van der Waals surface area contributed by atoms with E-state index in [1.54, 1.807) is 0 Å². The normalized spacial score (nSPS) is 22.9. The molecule has 100 valence electrons. The van der Waals surface area contributed by atoms with E-state index < -0.39 is 0 Å². The summed E-state index contributed by atoms with van der Waals surface area (Å²) in [6, 6.07) is 0. The fourth-order valence-corrected chi connectivity index (χ4v) is 2.23. The quantitative estimate of drug-likeness (QED) is 0.819. The molecule has 0 bridgehead atoms. The third-order valence-electron chi connectivity index (χ3n) is 4.17. The fourth-order valence-electron chi connectivity index (χ4n) is 2.23. The minimum atomic E-state index is 0.214. The molecule has 0 aromatic carbocycles. The number of hydrogen-bond donors (Lipinski definition) is 1. The van der Waals surface area contributed by atoms with Gasteiger partial charge in [0.25, 0.3) is 0 Å². The van der Waals surface area contributed by atoms with E-state index in [-0.39, 0.29) is 5.41 Å². The van der Waals surface area contributed by atoms with Gasteiger partial charge in [-0.3, -0.25) is 4.79 Å². The first-order valence-electron chi connectivity index (χ1n) is 6.82. The van der Waals surface area contributed by atoms with Crippen LogP contribution < -0.4 is 5.73 Å². The van der Waals surface area contributed by atoms with Crippen molar-refractivity contribution in [3.63, 3.8) is 0 Å². The number of carbonyl (C=O) groups excluding carboxylic acids is 1. The first-order chi connectivity index (χ1) is 7.84. The summed E-state index contributed by atoms with van der Waals surface area (Å²) in [5, 5.41) is 0. The van der Waals surface area contributed by atoms with Crippen LogP contribution in [0.3, 0.4) is 0 Å². The summed E-state index contributed by atoms with van der Waals surface area (Å²) < 4.78 is 0. The number of rotatable bonds is 4. The molecule has 3 heteroatoms. The van der Waals surface area contributed by atoms with E-state index in [9.17, 15) is 4.79 Å². The van der Waals surface area contributed by atoms with Crippen molar-refractivity contribution in [3.8, 4) is 0 Å². The molecule has 0 spiro atoms. The Morgan fingerprint density at radius 2 is 2.12 bits per heavy atom. The molecule has 1 aliphatic heterocycles. The second-order valence-corrected chi connectivity index (χ2v) is 6.54. The van der Waals surface area contributed by atoms with Gasteiger partial charge in [0.15, 0.2) is 0 Å². The maximum atomic E-state index is 12.1. The average Bonchev–Trinajstić information content (AvgIpc) is 2.65. The van der Waals surface area contributed by atoms with Gasteiger partial charge in [-0.15, -0.1) is 0 Å². The average molecular weight is 240 g/mol. The van der Waals surface area contributed by atoms with Crippen molar-refractivity contribution in [2.75, 3.05) is 19.6 Å². The fraction of sp³-hybridized carbons (Fsp3) is 0.929. The van der Waals surface area contributed by atoms with Crippen LogP contribution in [0.25, 0.3) is 0 Å². The van der Waals surface area contributed by atoms with Crippen LogP contribution in [-0.2, 0) is 4.79 Å². The smallest absolute Gasteiger partial charge is 0.222 e. The molecule has 2 unspecified atom stereocenters. The molecule has 1 amide bonds. The van der Waals surface area contributed by atoms with Crippen LogP contribution in [0.4, 0.5) is 0 Å². The predicted molar refractivity (Wildman–Crippen MR) is 71.6 cm³/mol. The van der Waals surface area contributed by atoms with Crippen LogP contribution in [0.1, 0.15) is 47.0 Å². The topological polar surface area (TPSA) is 46.3 Å². The Balaban J connectivity index is 2.39. The van der Waals surface area contributed by atoms with Gasteiger partial charge in [-0.1, -0.05) is 27.7 Å². The number of hydrogen-bond acceptors (Lipinski definition) is 2. The molecule has 0 radical (unpaired) electrons. The number of amides is 1. The lowest BCUT2D eigenvalue weighted by atomic mass is 9.80. The summed E-state index contributed by atoms with van der Waals surface area (Å²) in [7, 11) is 0. The van der Waals surface area contributed by atoms with Gasteiger partial charge in [-0.25, -0.2) is 0 Å². The van der Waals surface area contributed by atoms with Crippen molar-refractivity contribution >= 4 is 5.91 Å². The highest BCUT2D eigenvalue weighted by Crippen LogP contribution is 2.29. The summed E-state index contributed by atoms with van der Waals surface area (Å²) in [6.07, 6.45) is 2.87. The van der Waals surface area contributed by atoms with Crippen molar-refractivity contribution in [1.29, 1.82) is 0 Å². The number of likely N-dealkylation sites (tertiary alicyclic amines) is 1. The van der Waals surface area contributed by atoms with Crippen LogP contribution in [0.5, 0.6) is 0 Å². The minimum absolute atomic E-state index is 0.214. The zero-order valence-electron chi connectivity index (χ0n) is 11.8. The van der Waals surface area contributed by atoms with E-state index in [0.29, 0.717) is 24.2 Å². The molecule has 3 nitrogen and oxygen atoms in total. The molecule has 0 aromatic rings. The summed E-state index contributed by atoms with van der Waals surface area (Å²) in [5.74, 6) is 1.39. The lowest BCUT2D eigenvalue weighted by Gasteiger charge is -2.28. The monoisotopic (exact) mass is 240 g/mol. The van der Waals surface area contributed by atoms with E-state index >= 15 is 0 Å². The Bertz CT molecular complexity index is 257. The van der Waals surface area contributed by atoms with Gasteiger partial charge in [0.1, 0.15) is 0 Å². The Morgan fingerprint density at radius 1 is 1.47 bits per heavy atom. The van der Waals surface area contributed by atoms with Gasteiger partial charge in [-0.05, 0) is 36.6 Å². The van der Waals surface area contributed by atoms with E-state index in [0.717, 1.165) is 32.5 Å². The van der Waals surface area contributed by atoms with Crippen LogP contribution in [0.2, 0.25) is 0 Å². The van der Waals surface area contributed by atoms with Crippen LogP contribution >= 0.6 is 0 Å². The van der Waals surface area contributed by atoms with E-state index in [1.165, 1.54) is 0 Å². The lowest BCUT2D eigenvalue weighted by Crippen LogP contribution is -2.32. The molecule has 1 fully saturated rings. The first-order valence-corrected chi connectivity index (χ1v) is 6.82. The molecular formula is C14H28N2O. The van der Waals surface area contributed by atoms with Crippen LogP contribution in [0, 0.1) is 17.3 Å². The van der Waals surface area contributed by atoms with Gasteiger partial charge < -0.3 is 10.6 Å². The van der Waals surface area contributed by atoms with Gasteiger partial charge in [0.05, 0.1) is 0 Å². The third-order valence-corrected chi connectivity index (χ3v) is 4.17. The van der Waals surface area contributed by atoms with Crippen molar-refractivity contribution in [3.05, 3.63) is 0 Å². The predicted octanol–water partition coefficient (Wildman–Crippen LogP) is 2.26. The van der Waals surface area contributed by atoms with Crippen LogP contribution in [0.15, 0.2) is 0 Å². The molecule has 1 rings (SSSR count). The van der Waals surface area contributed by atoms with Gasteiger partial charge in [0, 0.05) is 19.5 Å². The summed E-state index contributed by atoms with van der Waals surface area (Å²) >= 11 is 0. The highest BCUT2D eigenvalue weighted by atomic mass is 16.2. The molecule has 0 aliphatic carbocycles. The Hall–Kier alpha value is -0.570. The molecule has 2 N–H and O–H groups in total. The minimum Gasteiger partial charge on any atom is -0.342 e. The number of carbonyl (C=O) groups is 1. The standard InChI is InChI=1S/C14H28N2O/c1-11(14(2,3)4)9-13(17)16-8-6-12(10-16)5-7-15/h11-12H,5-10,15H2,1-4H3. The molecule has 2 atom stereocenters. The van der Waals surface area contributed by atoms with Gasteiger partial charge in [-0.2, -0.15) is 0 Å². The van der Waals surface area contributed by atoms with Crippen molar-refractivity contribution in [2.24, 2.45) is 23.0 Å². The number of nitrogens with zero attached hydrogens (tertiary/aromatic N) is 1. The van der Waals surface area contributed by atoms with E-state index in [2.05, 4.69) is 27.7 Å². The highest BCUT2D eigenvalue weighted by Gasteiger charge is 2.29. The second-order valence-electron chi connectivity index (χ2n) is 6.54. The molecule has 1 aliphatic rings. The first kappa shape index (κ1) is 14.5. The Labute approximate surface area is 106 Å². The Morgan fingerprint density at radius 3 is 2.65 bits per heavy atom. The van der Waals surface area contributed by atoms with Crippen molar-refractivity contribution in [2.45, 2.75) is 47.0 Å². The molecule has 0 aromatic heterocycles. The molecule has 17 heavy (non-hydrogen) atoms. The highest BCUT2D eigenvalue weighted by molar-refractivity contribution is 5.76. The lowest BCUT2D eigenvalue weighted by molar-refractivity contribution is -0.132. The Kier molecular flexibility index (Phi) is 4.99. The summed E-state index contributed by atoms with van der Waals surface area (Å²) in [5.41, 5.74) is 5.78. The largest absolute Gasteiger partial charge is 0.342 e. The molecule has 1 saturated heterocycles. The van der Waals surface area contributed by atoms with E-state index in [4.69, 9.17) is 5.73 Å². The molecular weight excluding hydrogens is 212 g/mol. The van der Waals surface area contributed by atoms with Gasteiger partial charge >= 0.3 is 0 Å². The zero-order chi connectivity index (χ0) is 13.1. The summed E-state index contributed by atoms with van der Waals surface area (Å²) in [6.45, 7) is 11.4.